The molecule has 0 aliphatic rings. The third kappa shape index (κ3) is 2.97. The van der Waals surface area contributed by atoms with Gasteiger partial charge in [-0.1, -0.05) is 22.0 Å². The number of nitrogens with one attached hydrogen (secondary N) is 1. The maximum Gasteiger partial charge on any atom is 0.251 e. The van der Waals surface area contributed by atoms with Crippen LogP contribution in [0.4, 0.5) is 0 Å². The van der Waals surface area contributed by atoms with Gasteiger partial charge in [0, 0.05) is 22.1 Å². The standard InChI is InChI=1S/C13H12BrNO2/c1-9-2-3-11(6-12(9)14)13(16)15-7-10-4-5-17-8-10/h2-6,8H,7H2,1H3,(H,15,16). The van der Waals surface area contributed by atoms with Crippen molar-refractivity contribution in [1.29, 1.82) is 0 Å². The van der Waals surface area contributed by atoms with Crippen LogP contribution in [-0.4, -0.2) is 5.91 Å². The zero-order valence-corrected chi connectivity index (χ0v) is 11.0. The zero-order valence-electron chi connectivity index (χ0n) is 9.37. The maximum absolute atomic E-state index is 11.8. The lowest BCUT2D eigenvalue weighted by molar-refractivity contribution is 0.0951. The first kappa shape index (κ1) is 11.9. The van der Waals surface area contributed by atoms with E-state index in [0.717, 1.165) is 15.6 Å². The second-order valence-corrected chi connectivity index (χ2v) is 4.63. The molecule has 4 heteroatoms. The van der Waals surface area contributed by atoms with Crippen molar-refractivity contribution in [2.24, 2.45) is 0 Å². The van der Waals surface area contributed by atoms with E-state index >= 15 is 0 Å². The van der Waals surface area contributed by atoms with Crippen molar-refractivity contribution in [2.75, 3.05) is 0 Å². The summed E-state index contributed by atoms with van der Waals surface area (Å²) in [7, 11) is 0. The summed E-state index contributed by atoms with van der Waals surface area (Å²) in [5.74, 6) is -0.0908. The van der Waals surface area contributed by atoms with Gasteiger partial charge in [-0.2, -0.15) is 0 Å². The zero-order chi connectivity index (χ0) is 12.3. The molecule has 0 unspecified atom stereocenters. The van der Waals surface area contributed by atoms with Gasteiger partial charge in [-0.05, 0) is 30.7 Å². The van der Waals surface area contributed by atoms with E-state index in [1.165, 1.54) is 0 Å². The summed E-state index contributed by atoms with van der Waals surface area (Å²) in [5, 5.41) is 2.83. The maximum atomic E-state index is 11.8. The number of hydrogen-bond acceptors (Lipinski definition) is 2. The number of carbonyl (C=O) groups is 1. The number of halogens is 1. The molecular weight excluding hydrogens is 282 g/mol. The molecule has 2 rings (SSSR count). The van der Waals surface area contributed by atoms with Crippen molar-refractivity contribution in [2.45, 2.75) is 13.5 Å². The summed E-state index contributed by atoms with van der Waals surface area (Å²) in [6.07, 6.45) is 3.20. The molecule has 17 heavy (non-hydrogen) atoms. The highest BCUT2D eigenvalue weighted by Crippen LogP contribution is 2.17. The molecule has 0 saturated heterocycles. The van der Waals surface area contributed by atoms with Gasteiger partial charge >= 0.3 is 0 Å². The third-order valence-electron chi connectivity index (χ3n) is 2.47. The number of hydrogen-bond donors (Lipinski definition) is 1. The van der Waals surface area contributed by atoms with Crippen molar-refractivity contribution in [3.63, 3.8) is 0 Å². The van der Waals surface area contributed by atoms with Crippen LogP contribution in [0.5, 0.6) is 0 Å². The molecule has 1 aromatic heterocycles. The van der Waals surface area contributed by atoms with Crippen LogP contribution in [-0.2, 0) is 6.54 Å². The molecule has 1 N–H and O–H groups in total. The van der Waals surface area contributed by atoms with Crippen molar-refractivity contribution < 1.29 is 9.21 Å². The molecule has 3 nitrogen and oxygen atoms in total. The Labute approximate surface area is 108 Å². The van der Waals surface area contributed by atoms with Crippen molar-refractivity contribution in [3.05, 3.63) is 58.0 Å². The lowest BCUT2D eigenvalue weighted by Crippen LogP contribution is -2.22. The fraction of sp³-hybridized carbons (Fsp3) is 0.154. The van der Waals surface area contributed by atoms with Crippen molar-refractivity contribution in [3.8, 4) is 0 Å². The Morgan fingerprint density at radius 1 is 1.41 bits per heavy atom. The Balaban J connectivity index is 2.02. The number of amides is 1. The Kier molecular flexibility index (Phi) is 3.64. The summed E-state index contributed by atoms with van der Waals surface area (Å²) in [6.45, 7) is 2.46. The Bertz CT molecular complexity index is 520. The van der Waals surface area contributed by atoms with Gasteiger partial charge in [0.15, 0.2) is 0 Å². The van der Waals surface area contributed by atoms with Gasteiger partial charge in [0.05, 0.1) is 12.5 Å². The molecule has 2 aromatic rings. The highest BCUT2D eigenvalue weighted by molar-refractivity contribution is 9.10. The topological polar surface area (TPSA) is 42.2 Å². The molecule has 0 atom stereocenters. The van der Waals surface area contributed by atoms with Gasteiger partial charge < -0.3 is 9.73 Å². The molecule has 1 aromatic carbocycles. The predicted octanol–water partition coefficient (Wildman–Crippen LogP) is 3.28. The minimum atomic E-state index is -0.0908. The molecule has 1 heterocycles. The van der Waals surface area contributed by atoms with E-state index in [-0.39, 0.29) is 5.91 Å². The number of aryl methyl sites for hydroxylation is 1. The van der Waals surface area contributed by atoms with Crippen LogP contribution in [0.1, 0.15) is 21.5 Å². The van der Waals surface area contributed by atoms with E-state index < -0.39 is 0 Å². The lowest BCUT2D eigenvalue weighted by atomic mass is 10.1. The first-order chi connectivity index (χ1) is 8.16. The van der Waals surface area contributed by atoms with Crippen LogP contribution < -0.4 is 5.32 Å². The van der Waals surface area contributed by atoms with E-state index in [1.54, 1.807) is 12.5 Å². The minimum absolute atomic E-state index is 0.0908. The lowest BCUT2D eigenvalue weighted by Gasteiger charge is -2.05. The third-order valence-corrected chi connectivity index (χ3v) is 3.32. The molecule has 0 saturated carbocycles. The van der Waals surface area contributed by atoms with Crippen molar-refractivity contribution in [1.82, 2.24) is 5.32 Å². The molecule has 0 bridgehead atoms. The Hall–Kier alpha value is -1.55. The van der Waals surface area contributed by atoms with Gasteiger partial charge in [0.1, 0.15) is 0 Å². The van der Waals surface area contributed by atoms with Crippen molar-refractivity contribution >= 4 is 21.8 Å². The number of rotatable bonds is 3. The molecule has 88 valence electrons. The normalized spacial score (nSPS) is 10.2. The quantitative estimate of drug-likeness (QED) is 0.944. The number of furan rings is 1. The van der Waals surface area contributed by atoms with E-state index in [4.69, 9.17) is 4.42 Å². The Morgan fingerprint density at radius 2 is 2.24 bits per heavy atom. The number of benzene rings is 1. The molecule has 0 aliphatic heterocycles. The molecular formula is C13H12BrNO2. The molecule has 0 radical (unpaired) electrons. The fourth-order valence-electron chi connectivity index (χ4n) is 1.41. The van der Waals surface area contributed by atoms with E-state index in [2.05, 4.69) is 21.2 Å². The highest BCUT2D eigenvalue weighted by atomic mass is 79.9. The summed E-state index contributed by atoms with van der Waals surface area (Å²) in [4.78, 5) is 11.8. The monoisotopic (exact) mass is 293 g/mol. The predicted molar refractivity (Wildman–Crippen MR) is 68.8 cm³/mol. The molecule has 1 amide bonds. The van der Waals surface area contributed by atoms with Crippen LogP contribution in [0.15, 0.2) is 45.7 Å². The van der Waals surface area contributed by atoms with Gasteiger partial charge in [-0.15, -0.1) is 0 Å². The van der Waals surface area contributed by atoms with Crippen LogP contribution in [0.3, 0.4) is 0 Å². The Morgan fingerprint density at radius 3 is 2.88 bits per heavy atom. The molecule has 0 spiro atoms. The summed E-state index contributed by atoms with van der Waals surface area (Å²) in [6, 6.07) is 7.37. The minimum Gasteiger partial charge on any atom is -0.472 e. The van der Waals surface area contributed by atoms with Gasteiger partial charge in [0.25, 0.3) is 5.91 Å². The van der Waals surface area contributed by atoms with Gasteiger partial charge in [0.2, 0.25) is 0 Å². The number of carbonyl (C=O) groups excluding carboxylic acids is 1. The highest BCUT2D eigenvalue weighted by Gasteiger charge is 2.07. The average Bonchev–Trinajstić information content (AvgIpc) is 2.82. The summed E-state index contributed by atoms with van der Waals surface area (Å²) >= 11 is 3.41. The van der Waals surface area contributed by atoms with Crippen LogP contribution >= 0.6 is 15.9 Å². The van der Waals surface area contributed by atoms with E-state index in [0.29, 0.717) is 12.1 Å². The van der Waals surface area contributed by atoms with E-state index in [9.17, 15) is 4.79 Å². The van der Waals surface area contributed by atoms with Crippen LogP contribution in [0.2, 0.25) is 0 Å². The SMILES string of the molecule is Cc1ccc(C(=O)NCc2ccoc2)cc1Br. The average molecular weight is 294 g/mol. The van der Waals surface area contributed by atoms with Gasteiger partial charge in [-0.3, -0.25) is 4.79 Å². The van der Waals surface area contributed by atoms with E-state index in [1.807, 2.05) is 31.2 Å². The molecule has 0 aliphatic carbocycles. The second kappa shape index (κ2) is 5.19. The second-order valence-electron chi connectivity index (χ2n) is 3.78. The molecule has 0 fully saturated rings. The first-order valence-corrected chi connectivity index (χ1v) is 6.01. The van der Waals surface area contributed by atoms with Crippen LogP contribution in [0.25, 0.3) is 0 Å². The summed E-state index contributed by atoms with van der Waals surface area (Å²) < 4.78 is 5.87. The fourth-order valence-corrected chi connectivity index (χ4v) is 1.79. The largest absolute Gasteiger partial charge is 0.472 e. The van der Waals surface area contributed by atoms with Crippen LogP contribution in [0, 0.1) is 6.92 Å². The van der Waals surface area contributed by atoms with Gasteiger partial charge in [-0.25, -0.2) is 0 Å². The smallest absolute Gasteiger partial charge is 0.251 e. The summed E-state index contributed by atoms with van der Waals surface area (Å²) in [5.41, 5.74) is 2.70. The first-order valence-electron chi connectivity index (χ1n) is 5.22.